The molecule has 8 heteroatoms. The van der Waals surface area contributed by atoms with Gasteiger partial charge in [0.2, 0.25) is 0 Å². The van der Waals surface area contributed by atoms with E-state index in [4.69, 9.17) is 14.7 Å². The molecule has 3 heterocycles. The first-order valence-corrected chi connectivity index (χ1v) is 11.9. The van der Waals surface area contributed by atoms with Crippen molar-refractivity contribution >= 4 is 5.57 Å². The second-order valence-electron chi connectivity index (χ2n) is 9.04. The average molecular weight is 477 g/mol. The molecule has 0 spiro atoms. The Bertz CT molecular complexity index is 1280. The van der Waals surface area contributed by atoms with E-state index in [0.717, 1.165) is 62.7 Å². The van der Waals surface area contributed by atoms with Crippen LogP contribution in [0.4, 0.5) is 8.78 Å². The van der Waals surface area contributed by atoms with Crippen LogP contribution in [0.3, 0.4) is 0 Å². The van der Waals surface area contributed by atoms with Crippen molar-refractivity contribution in [2.24, 2.45) is 5.92 Å². The van der Waals surface area contributed by atoms with Crippen LogP contribution in [0.5, 0.6) is 5.88 Å². The number of allylic oxidation sites excluding steroid dienone is 2. The van der Waals surface area contributed by atoms with E-state index >= 15 is 0 Å². The lowest BCUT2D eigenvalue weighted by Crippen LogP contribution is -2.31. The summed E-state index contributed by atoms with van der Waals surface area (Å²) in [5, 5.41) is 8.87. The van der Waals surface area contributed by atoms with Gasteiger partial charge in [-0.05, 0) is 61.4 Å². The molecule has 1 unspecified atom stereocenters. The maximum Gasteiger partial charge on any atom is 0.251 e. The predicted molar refractivity (Wildman–Crippen MR) is 125 cm³/mol. The van der Waals surface area contributed by atoms with E-state index in [2.05, 4.69) is 20.6 Å². The number of rotatable bonds is 8. The number of aromatic nitrogens is 3. The standard InChI is InChI=1S/C27H26F2N4O2/c28-23-7-8-25(32-27(23)35-17-21-6-3-19(15-30)13-24(21)29)20-4-1-18(2-5-20)14-26-31-10-11-33(26)16-22-9-12-34-22/h3-4,6-8,10-11,13,18,22H,1-2,5,9,12,14,16-17H2/t18?,22-/m0/s1. The third-order valence-electron chi connectivity index (χ3n) is 6.68. The minimum Gasteiger partial charge on any atom is -0.471 e. The second-order valence-corrected chi connectivity index (χ2v) is 9.04. The van der Waals surface area contributed by atoms with Crippen LogP contribution in [0.25, 0.3) is 5.57 Å². The molecule has 0 saturated carbocycles. The van der Waals surface area contributed by atoms with E-state index in [9.17, 15) is 8.78 Å². The maximum absolute atomic E-state index is 14.3. The van der Waals surface area contributed by atoms with Crippen LogP contribution >= 0.6 is 0 Å². The highest BCUT2D eigenvalue weighted by Crippen LogP contribution is 2.32. The normalized spacial score (nSPS) is 19.5. The Labute approximate surface area is 202 Å². The molecule has 2 atom stereocenters. The fourth-order valence-electron chi connectivity index (χ4n) is 4.49. The highest BCUT2D eigenvalue weighted by atomic mass is 19.1. The van der Waals surface area contributed by atoms with Crippen LogP contribution in [-0.4, -0.2) is 27.2 Å². The lowest BCUT2D eigenvalue weighted by atomic mass is 9.86. The van der Waals surface area contributed by atoms with Crippen molar-refractivity contribution in [1.82, 2.24) is 14.5 Å². The zero-order valence-corrected chi connectivity index (χ0v) is 19.3. The third kappa shape index (κ3) is 5.41. The fraction of sp³-hybridized carbons (Fsp3) is 0.370. The molecule has 0 amide bonds. The van der Waals surface area contributed by atoms with E-state index in [-0.39, 0.29) is 23.6 Å². The Morgan fingerprint density at radius 3 is 2.77 bits per heavy atom. The van der Waals surface area contributed by atoms with Crippen molar-refractivity contribution in [3.63, 3.8) is 0 Å². The van der Waals surface area contributed by atoms with Crippen molar-refractivity contribution in [2.75, 3.05) is 6.61 Å². The number of nitriles is 1. The van der Waals surface area contributed by atoms with E-state index in [1.807, 2.05) is 18.5 Å². The molecule has 2 aliphatic rings. The number of hydrogen-bond acceptors (Lipinski definition) is 5. The molecule has 0 bridgehead atoms. The van der Waals surface area contributed by atoms with Crippen LogP contribution in [0, 0.1) is 28.9 Å². The van der Waals surface area contributed by atoms with Gasteiger partial charge in [-0.25, -0.2) is 18.7 Å². The van der Waals surface area contributed by atoms with Gasteiger partial charge < -0.3 is 14.0 Å². The zero-order valence-electron chi connectivity index (χ0n) is 19.3. The number of pyridine rings is 1. The van der Waals surface area contributed by atoms with Gasteiger partial charge in [0.05, 0.1) is 30.0 Å². The van der Waals surface area contributed by atoms with Crippen LogP contribution in [0.2, 0.25) is 0 Å². The predicted octanol–water partition coefficient (Wildman–Crippen LogP) is 5.22. The summed E-state index contributed by atoms with van der Waals surface area (Å²) in [5.74, 6) is 0.252. The Morgan fingerprint density at radius 2 is 2.06 bits per heavy atom. The topological polar surface area (TPSA) is 73.0 Å². The first-order chi connectivity index (χ1) is 17.1. The molecule has 2 aromatic heterocycles. The molecule has 5 rings (SSSR count). The van der Waals surface area contributed by atoms with Gasteiger partial charge >= 0.3 is 0 Å². The first-order valence-electron chi connectivity index (χ1n) is 11.9. The van der Waals surface area contributed by atoms with Gasteiger partial charge in [0.15, 0.2) is 5.82 Å². The molecule has 1 fully saturated rings. The van der Waals surface area contributed by atoms with Crippen molar-refractivity contribution in [3.8, 4) is 11.9 Å². The summed E-state index contributed by atoms with van der Waals surface area (Å²) in [5.41, 5.74) is 2.18. The molecule has 1 aliphatic heterocycles. The molecule has 35 heavy (non-hydrogen) atoms. The van der Waals surface area contributed by atoms with Gasteiger partial charge in [-0.2, -0.15) is 5.26 Å². The van der Waals surface area contributed by atoms with Gasteiger partial charge in [0.1, 0.15) is 18.2 Å². The largest absolute Gasteiger partial charge is 0.471 e. The average Bonchev–Trinajstić information content (AvgIpc) is 3.28. The summed E-state index contributed by atoms with van der Waals surface area (Å²) in [6, 6.07) is 8.97. The van der Waals surface area contributed by atoms with Crippen LogP contribution in [0.1, 0.15) is 48.3 Å². The number of imidazole rings is 1. The molecule has 1 aliphatic carbocycles. The molecular weight excluding hydrogens is 450 g/mol. The Morgan fingerprint density at radius 1 is 1.17 bits per heavy atom. The summed E-state index contributed by atoms with van der Waals surface area (Å²) in [6.07, 6.45) is 11.1. The molecule has 0 radical (unpaired) electrons. The third-order valence-corrected chi connectivity index (χ3v) is 6.68. The number of ether oxygens (including phenoxy) is 2. The maximum atomic E-state index is 14.3. The molecule has 3 aromatic rings. The van der Waals surface area contributed by atoms with Gasteiger partial charge in [0, 0.05) is 31.0 Å². The van der Waals surface area contributed by atoms with Gasteiger partial charge in [0.25, 0.3) is 5.88 Å². The quantitative estimate of drug-likeness (QED) is 0.446. The van der Waals surface area contributed by atoms with Crippen molar-refractivity contribution < 1.29 is 18.3 Å². The van der Waals surface area contributed by atoms with E-state index < -0.39 is 11.6 Å². The van der Waals surface area contributed by atoms with Crippen molar-refractivity contribution in [3.05, 3.63) is 83.1 Å². The highest BCUT2D eigenvalue weighted by Gasteiger charge is 2.22. The molecule has 6 nitrogen and oxygen atoms in total. The van der Waals surface area contributed by atoms with Crippen molar-refractivity contribution in [1.29, 1.82) is 5.26 Å². The molecular formula is C27H26F2N4O2. The van der Waals surface area contributed by atoms with Crippen molar-refractivity contribution in [2.45, 2.75) is 51.4 Å². The highest BCUT2D eigenvalue weighted by molar-refractivity contribution is 5.63. The van der Waals surface area contributed by atoms with E-state index in [1.165, 1.54) is 18.2 Å². The molecule has 0 N–H and O–H groups in total. The number of nitrogens with zero attached hydrogens (tertiary/aromatic N) is 4. The zero-order chi connectivity index (χ0) is 24.2. The molecule has 180 valence electrons. The number of hydrogen-bond donors (Lipinski definition) is 0. The minimum absolute atomic E-state index is 0.158. The summed E-state index contributed by atoms with van der Waals surface area (Å²) >= 11 is 0. The smallest absolute Gasteiger partial charge is 0.251 e. The summed E-state index contributed by atoms with van der Waals surface area (Å²) in [7, 11) is 0. The van der Waals surface area contributed by atoms with Gasteiger partial charge in [-0.3, -0.25) is 0 Å². The van der Waals surface area contributed by atoms with E-state index in [0.29, 0.717) is 17.7 Å². The Balaban J connectivity index is 1.21. The lowest BCUT2D eigenvalue weighted by Gasteiger charge is -2.28. The lowest BCUT2D eigenvalue weighted by molar-refractivity contribution is -0.0596. The number of halogens is 2. The minimum atomic E-state index is -0.598. The second kappa shape index (κ2) is 10.4. The van der Waals surface area contributed by atoms with Crippen LogP contribution in [0.15, 0.2) is 48.8 Å². The summed E-state index contributed by atoms with van der Waals surface area (Å²) < 4.78 is 41.7. The fourth-order valence-corrected chi connectivity index (χ4v) is 4.49. The number of benzene rings is 1. The first kappa shape index (κ1) is 23.2. The van der Waals surface area contributed by atoms with Gasteiger partial charge in [-0.15, -0.1) is 0 Å². The summed E-state index contributed by atoms with van der Waals surface area (Å²) in [6.45, 7) is 1.53. The van der Waals surface area contributed by atoms with Crippen LogP contribution in [-0.2, 0) is 24.3 Å². The van der Waals surface area contributed by atoms with E-state index in [1.54, 1.807) is 6.07 Å². The molecule has 1 aromatic carbocycles. The molecule has 1 saturated heterocycles. The Hall–Kier alpha value is -3.57. The van der Waals surface area contributed by atoms with Crippen LogP contribution < -0.4 is 4.74 Å². The Kier molecular flexibility index (Phi) is 6.87. The summed E-state index contributed by atoms with van der Waals surface area (Å²) in [4.78, 5) is 8.92. The SMILES string of the molecule is N#Cc1ccc(COc2nc(C3=CCC(Cc4nccn4C[C@@H]4CCO4)CC3)ccc2F)c(F)c1. The monoisotopic (exact) mass is 476 g/mol. The van der Waals surface area contributed by atoms with Gasteiger partial charge in [-0.1, -0.05) is 12.1 Å².